The van der Waals surface area contributed by atoms with Crippen molar-refractivity contribution in [2.45, 2.75) is 18.1 Å². The van der Waals surface area contributed by atoms with E-state index >= 15 is 0 Å². The SMILES string of the molecule is C[C@H](NC(=O)CSc1nnc2c(n1)[nH]c1ccccc12)c1cccs1. The number of nitrogens with zero attached hydrogens (tertiary/aromatic N) is 3. The van der Waals surface area contributed by atoms with Crippen molar-refractivity contribution >= 4 is 51.1 Å². The molecule has 8 heteroatoms. The normalized spacial score (nSPS) is 12.5. The van der Waals surface area contributed by atoms with Crippen LogP contribution in [-0.2, 0) is 4.79 Å². The summed E-state index contributed by atoms with van der Waals surface area (Å²) in [6.45, 7) is 1.98. The summed E-state index contributed by atoms with van der Waals surface area (Å²) >= 11 is 2.91. The quantitative estimate of drug-likeness (QED) is 0.526. The lowest BCUT2D eigenvalue weighted by Crippen LogP contribution is -2.27. The minimum atomic E-state index is -0.0498. The molecule has 1 aromatic carbocycles. The molecule has 0 radical (unpaired) electrons. The predicted molar refractivity (Wildman–Crippen MR) is 101 cm³/mol. The smallest absolute Gasteiger partial charge is 0.230 e. The Morgan fingerprint density at radius 3 is 3.00 bits per heavy atom. The maximum Gasteiger partial charge on any atom is 0.230 e. The highest BCUT2D eigenvalue weighted by molar-refractivity contribution is 7.99. The molecule has 6 nitrogen and oxygen atoms in total. The average Bonchev–Trinajstić information content (AvgIpc) is 3.27. The molecule has 1 amide bonds. The molecule has 4 aromatic rings. The van der Waals surface area contributed by atoms with Crippen molar-refractivity contribution < 1.29 is 4.79 Å². The molecule has 2 N–H and O–H groups in total. The summed E-state index contributed by atoms with van der Waals surface area (Å²) in [6, 6.07) is 11.9. The third kappa shape index (κ3) is 3.35. The average molecular weight is 369 g/mol. The van der Waals surface area contributed by atoms with E-state index in [1.807, 2.05) is 48.7 Å². The van der Waals surface area contributed by atoms with Crippen LogP contribution in [-0.4, -0.2) is 31.8 Å². The Morgan fingerprint density at radius 2 is 2.16 bits per heavy atom. The molecule has 0 aliphatic rings. The Balaban J connectivity index is 1.44. The summed E-state index contributed by atoms with van der Waals surface area (Å²) in [5.41, 5.74) is 2.41. The molecule has 0 saturated carbocycles. The molecule has 0 saturated heterocycles. The number of fused-ring (bicyclic) bond motifs is 3. The molecule has 4 rings (SSSR count). The summed E-state index contributed by atoms with van der Waals surface area (Å²) in [5, 5.41) is 14.8. The minimum absolute atomic E-state index is 0.00308. The van der Waals surface area contributed by atoms with E-state index in [0.29, 0.717) is 10.8 Å². The molecule has 3 heterocycles. The number of benzene rings is 1. The highest BCUT2D eigenvalue weighted by atomic mass is 32.2. The second kappa shape index (κ2) is 6.81. The van der Waals surface area contributed by atoms with Crippen molar-refractivity contribution in [3.63, 3.8) is 0 Å². The van der Waals surface area contributed by atoms with E-state index < -0.39 is 0 Å². The van der Waals surface area contributed by atoms with E-state index in [1.54, 1.807) is 11.3 Å². The van der Waals surface area contributed by atoms with Crippen LogP contribution < -0.4 is 5.32 Å². The molecule has 1 atom stereocenters. The van der Waals surface area contributed by atoms with Crippen molar-refractivity contribution in [2.24, 2.45) is 0 Å². The number of hydrogen-bond acceptors (Lipinski definition) is 6. The maximum absolute atomic E-state index is 12.1. The van der Waals surface area contributed by atoms with E-state index in [2.05, 4.69) is 25.5 Å². The number of para-hydroxylation sites is 1. The first kappa shape index (κ1) is 16.0. The Labute approximate surface area is 152 Å². The van der Waals surface area contributed by atoms with E-state index in [9.17, 15) is 4.79 Å². The fourth-order valence-electron chi connectivity index (χ4n) is 2.59. The fraction of sp³-hybridized carbons (Fsp3) is 0.176. The van der Waals surface area contributed by atoms with Gasteiger partial charge in [0.1, 0.15) is 5.52 Å². The molecule has 0 unspecified atom stereocenters. The van der Waals surface area contributed by atoms with Gasteiger partial charge in [-0.3, -0.25) is 4.79 Å². The minimum Gasteiger partial charge on any atom is -0.348 e. The van der Waals surface area contributed by atoms with Crippen molar-refractivity contribution in [3.8, 4) is 0 Å². The Morgan fingerprint density at radius 1 is 1.28 bits per heavy atom. The fourth-order valence-corrected chi connectivity index (χ4v) is 3.92. The van der Waals surface area contributed by atoms with Crippen molar-refractivity contribution in [1.29, 1.82) is 0 Å². The highest BCUT2D eigenvalue weighted by Gasteiger charge is 2.13. The number of carbonyl (C=O) groups excluding carboxylic acids is 1. The molecular formula is C17H15N5OS2. The number of amides is 1. The van der Waals surface area contributed by atoms with Gasteiger partial charge in [0.2, 0.25) is 11.1 Å². The van der Waals surface area contributed by atoms with Crippen LogP contribution in [0.4, 0.5) is 0 Å². The van der Waals surface area contributed by atoms with Crippen LogP contribution in [0.2, 0.25) is 0 Å². The maximum atomic E-state index is 12.1. The van der Waals surface area contributed by atoms with Gasteiger partial charge in [-0.05, 0) is 24.4 Å². The molecule has 25 heavy (non-hydrogen) atoms. The number of carbonyl (C=O) groups is 1. The van der Waals surface area contributed by atoms with Crippen LogP contribution in [0.5, 0.6) is 0 Å². The second-order valence-corrected chi connectivity index (χ2v) is 7.48. The Kier molecular flexibility index (Phi) is 4.37. The first-order chi connectivity index (χ1) is 12.2. The zero-order valence-corrected chi connectivity index (χ0v) is 15.0. The standard InChI is InChI=1S/C17H15N5OS2/c1-10(13-7-4-8-24-13)18-14(23)9-25-17-20-16-15(21-22-17)11-5-2-3-6-12(11)19-16/h2-8,10H,9H2,1H3,(H,18,23)(H,19,20,22)/t10-/m0/s1. The summed E-state index contributed by atoms with van der Waals surface area (Å²) in [7, 11) is 0. The van der Waals surface area contributed by atoms with Gasteiger partial charge in [0, 0.05) is 15.8 Å². The van der Waals surface area contributed by atoms with Gasteiger partial charge in [-0.2, -0.15) is 0 Å². The number of H-pyrrole nitrogens is 1. The van der Waals surface area contributed by atoms with Crippen LogP contribution in [0.15, 0.2) is 46.9 Å². The third-order valence-corrected chi connectivity index (χ3v) is 5.68. The molecular weight excluding hydrogens is 354 g/mol. The van der Waals surface area contributed by atoms with Crippen LogP contribution in [0.1, 0.15) is 17.8 Å². The molecule has 0 aliphatic heterocycles. The van der Waals surface area contributed by atoms with E-state index in [-0.39, 0.29) is 17.7 Å². The number of rotatable bonds is 5. The third-order valence-electron chi connectivity index (χ3n) is 3.78. The van der Waals surface area contributed by atoms with Gasteiger partial charge in [0.05, 0.1) is 11.8 Å². The molecule has 0 aliphatic carbocycles. The largest absolute Gasteiger partial charge is 0.348 e. The topological polar surface area (TPSA) is 83.6 Å². The van der Waals surface area contributed by atoms with Gasteiger partial charge in [0.25, 0.3) is 0 Å². The number of aromatic amines is 1. The van der Waals surface area contributed by atoms with Gasteiger partial charge < -0.3 is 10.3 Å². The van der Waals surface area contributed by atoms with Crippen LogP contribution >= 0.6 is 23.1 Å². The predicted octanol–water partition coefficient (Wildman–Crippen LogP) is 3.54. The lowest BCUT2D eigenvalue weighted by molar-refractivity contribution is -0.119. The van der Waals surface area contributed by atoms with Gasteiger partial charge in [-0.25, -0.2) is 4.98 Å². The zero-order chi connectivity index (χ0) is 17.2. The number of nitrogens with one attached hydrogen (secondary N) is 2. The summed E-state index contributed by atoms with van der Waals surface area (Å²) in [5.74, 6) is 0.203. The molecule has 3 aromatic heterocycles. The second-order valence-electron chi connectivity index (χ2n) is 5.56. The van der Waals surface area contributed by atoms with Gasteiger partial charge in [0.15, 0.2) is 5.65 Å². The molecule has 126 valence electrons. The van der Waals surface area contributed by atoms with Crippen LogP contribution in [0.3, 0.4) is 0 Å². The zero-order valence-electron chi connectivity index (χ0n) is 13.4. The number of thioether (sulfide) groups is 1. The summed E-state index contributed by atoms with van der Waals surface area (Å²) in [4.78, 5) is 21.0. The summed E-state index contributed by atoms with van der Waals surface area (Å²) in [6.07, 6.45) is 0. The van der Waals surface area contributed by atoms with Crippen molar-refractivity contribution in [1.82, 2.24) is 25.5 Å². The highest BCUT2D eigenvalue weighted by Crippen LogP contribution is 2.23. The van der Waals surface area contributed by atoms with Crippen molar-refractivity contribution in [3.05, 3.63) is 46.7 Å². The van der Waals surface area contributed by atoms with Gasteiger partial charge >= 0.3 is 0 Å². The lowest BCUT2D eigenvalue weighted by Gasteiger charge is -2.11. The van der Waals surface area contributed by atoms with E-state index in [0.717, 1.165) is 21.3 Å². The number of hydrogen-bond donors (Lipinski definition) is 2. The summed E-state index contributed by atoms with van der Waals surface area (Å²) < 4.78 is 0. The first-order valence-electron chi connectivity index (χ1n) is 7.77. The van der Waals surface area contributed by atoms with E-state index in [1.165, 1.54) is 11.8 Å². The molecule has 0 fully saturated rings. The molecule has 0 bridgehead atoms. The Hall–Kier alpha value is -2.45. The van der Waals surface area contributed by atoms with E-state index in [4.69, 9.17) is 0 Å². The van der Waals surface area contributed by atoms with Crippen LogP contribution in [0.25, 0.3) is 22.1 Å². The van der Waals surface area contributed by atoms with Gasteiger partial charge in [-0.15, -0.1) is 21.5 Å². The Bertz CT molecular complexity index is 1030. The number of thiophene rings is 1. The van der Waals surface area contributed by atoms with Crippen LogP contribution in [0, 0.1) is 0 Å². The van der Waals surface area contributed by atoms with Gasteiger partial charge in [-0.1, -0.05) is 36.0 Å². The first-order valence-corrected chi connectivity index (χ1v) is 9.64. The molecule has 0 spiro atoms. The number of aromatic nitrogens is 4. The monoisotopic (exact) mass is 369 g/mol. The van der Waals surface area contributed by atoms with Crippen molar-refractivity contribution in [2.75, 3.05) is 5.75 Å². The lowest BCUT2D eigenvalue weighted by atomic mass is 10.2.